The van der Waals surface area contributed by atoms with Gasteiger partial charge < -0.3 is 4.90 Å². The first-order valence-electron chi connectivity index (χ1n) is 4.48. The molecule has 0 aliphatic carbocycles. The standard InChI is InChI=1S/C11H15NO/c1-4-10-5-7-11(8-6-10)12(3)9(2)13/h5-8H,4H2,1-3H3. The van der Waals surface area contributed by atoms with Crippen molar-refractivity contribution in [1.29, 1.82) is 0 Å². The number of aryl methyl sites for hydroxylation is 1. The minimum absolute atomic E-state index is 0.0595. The molecule has 13 heavy (non-hydrogen) atoms. The Balaban J connectivity index is 2.85. The Morgan fingerprint density at radius 1 is 1.31 bits per heavy atom. The summed E-state index contributed by atoms with van der Waals surface area (Å²) in [5.74, 6) is 0.0595. The first-order chi connectivity index (χ1) is 6.15. The van der Waals surface area contributed by atoms with Crippen LogP contribution in [0.3, 0.4) is 0 Å². The van der Waals surface area contributed by atoms with Crippen LogP contribution in [0, 0.1) is 0 Å². The van der Waals surface area contributed by atoms with Crippen LogP contribution in [0.25, 0.3) is 0 Å². The highest BCUT2D eigenvalue weighted by Gasteiger charge is 2.03. The van der Waals surface area contributed by atoms with E-state index in [-0.39, 0.29) is 5.91 Å². The van der Waals surface area contributed by atoms with E-state index in [2.05, 4.69) is 19.1 Å². The number of benzene rings is 1. The zero-order valence-electron chi connectivity index (χ0n) is 8.37. The van der Waals surface area contributed by atoms with Crippen molar-refractivity contribution in [2.24, 2.45) is 0 Å². The number of rotatable bonds is 2. The van der Waals surface area contributed by atoms with Crippen LogP contribution >= 0.6 is 0 Å². The van der Waals surface area contributed by atoms with E-state index < -0.39 is 0 Å². The molecular formula is C11H15NO. The molecular weight excluding hydrogens is 162 g/mol. The van der Waals surface area contributed by atoms with Gasteiger partial charge in [0, 0.05) is 19.7 Å². The predicted molar refractivity (Wildman–Crippen MR) is 54.9 cm³/mol. The molecule has 0 N–H and O–H groups in total. The topological polar surface area (TPSA) is 20.3 Å². The van der Waals surface area contributed by atoms with Gasteiger partial charge in [0.2, 0.25) is 5.91 Å². The summed E-state index contributed by atoms with van der Waals surface area (Å²) in [4.78, 5) is 12.7. The lowest BCUT2D eigenvalue weighted by Gasteiger charge is -2.14. The molecule has 0 heterocycles. The minimum Gasteiger partial charge on any atom is -0.316 e. The molecule has 2 nitrogen and oxygen atoms in total. The molecule has 0 bridgehead atoms. The van der Waals surface area contributed by atoms with Gasteiger partial charge in [0.25, 0.3) is 0 Å². The number of carbonyl (C=O) groups is 1. The van der Waals surface area contributed by atoms with Crippen molar-refractivity contribution in [3.63, 3.8) is 0 Å². The molecule has 1 aromatic rings. The number of hydrogen-bond acceptors (Lipinski definition) is 1. The maximum atomic E-state index is 11.0. The van der Waals surface area contributed by atoms with Crippen LogP contribution in [0.4, 0.5) is 5.69 Å². The van der Waals surface area contributed by atoms with Crippen molar-refractivity contribution < 1.29 is 4.79 Å². The van der Waals surface area contributed by atoms with Crippen LogP contribution in [0.5, 0.6) is 0 Å². The summed E-state index contributed by atoms with van der Waals surface area (Å²) in [5.41, 5.74) is 2.24. The lowest BCUT2D eigenvalue weighted by Crippen LogP contribution is -2.22. The van der Waals surface area contributed by atoms with Crippen LogP contribution in [0.15, 0.2) is 24.3 Å². The van der Waals surface area contributed by atoms with Gasteiger partial charge in [-0.3, -0.25) is 4.79 Å². The summed E-state index contributed by atoms with van der Waals surface area (Å²) >= 11 is 0. The predicted octanol–water partition coefficient (Wildman–Crippen LogP) is 2.23. The summed E-state index contributed by atoms with van der Waals surface area (Å²) in [6.07, 6.45) is 1.03. The van der Waals surface area contributed by atoms with Crippen molar-refractivity contribution >= 4 is 11.6 Å². The van der Waals surface area contributed by atoms with Gasteiger partial charge in [0.1, 0.15) is 0 Å². The fourth-order valence-corrected chi connectivity index (χ4v) is 1.14. The summed E-state index contributed by atoms with van der Waals surface area (Å²) < 4.78 is 0. The Morgan fingerprint density at radius 3 is 2.23 bits per heavy atom. The van der Waals surface area contributed by atoms with Crippen LogP contribution < -0.4 is 4.90 Å². The molecule has 1 aromatic carbocycles. The SMILES string of the molecule is CCc1ccc(N(C)C(C)=O)cc1. The summed E-state index contributed by atoms with van der Waals surface area (Å²) in [6.45, 7) is 3.68. The third-order valence-electron chi connectivity index (χ3n) is 2.20. The molecule has 1 rings (SSSR count). The van der Waals surface area contributed by atoms with E-state index in [0.717, 1.165) is 12.1 Å². The Morgan fingerprint density at radius 2 is 1.85 bits per heavy atom. The number of carbonyl (C=O) groups excluding carboxylic acids is 1. The van der Waals surface area contributed by atoms with Crippen LogP contribution in [0.1, 0.15) is 19.4 Å². The second-order valence-corrected chi connectivity index (χ2v) is 3.10. The van der Waals surface area contributed by atoms with Gasteiger partial charge >= 0.3 is 0 Å². The third kappa shape index (κ3) is 2.31. The maximum absolute atomic E-state index is 11.0. The first kappa shape index (κ1) is 9.78. The van der Waals surface area contributed by atoms with E-state index in [9.17, 15) is 4.79 Å². The van der Waals surface area contributed by atoms with Gasteiger partial charge in [0.15, 0.2) is 0 Å². The summed E-state index contributed by atoms with van der Waals surface area (Å²) in [7, 11) is 1.78. The average Bonchev–Trinajstić information content (AvgIpc) is 2.17. The van der Waals surface area contributed by atoms with Gasteiger partial charge in [-0.25, -0.2) is 0 Å². The Hall–Kier alpha value is -1.31. The molecule has 0 aliphatic heterocycles. The molecule has 0 aliphatic rings. The molecule has 0 unspecified atom stereocenters. The van der Waals surface area contributed by atoms with E-state index in [0.29, 0.717) is 0 Å². The molecule has 2 heteroatoms. The van der Waals surface area contributed by atoms with E-state index >= 15 is 0 Å². The Labute approximate surface area is 79.2 Å². The highest BCUT2D eigenvalue weighted by molar-refractivity contribution is 5.90. The third-order valence-corrected chi connectivity index (χ3v) is 2.20. The summed E-state index contributed by atoms with van der Waals surface area (Å²) in [6, 6.07) is 8.05. The number of anilines is 1. The van der Waals surface area contributed by atoms with E-state index in [1.165, 1.54) is 5.56 Å². The molecule has 0 spiro atoms. The summed E-state index contributed by atoms with van der Waals surface area (Å²) in [5, 5.41) is 0. The maximum Gasteiger partial charge on any atom is 0.223 e. The van der Waals surface area contributed by atoms with E-state index in [4.69, 9.17) is 0 Å². The van der Waals surface area contributed by atoms with E-state index in [1.807, 2.05) is 12.1 Å². The number of hydrogen-bond donors (Lipinski definition) is 0. The van der Waals surface area contributed by atoms with Crippen molar-refractivity contribution in [3.05, 3.63) is 29.8 Å². The largest absolute Gasteiger partial charge is 0.316 e. The lowest BCUT2D eigenvalue weighted by molar-refractivity contribution is -0.116. The van der Waals surface area contributed by atoms with Crippen LogP contribution in [-0.4, -0.2) is 13.0 Å². The fraction of sp³-hybridized carbons (Fsp3) is 0.364. The molecule has 0 fully saturated rings. The second-order valence-electron chi connectivity index (χ2n) is 3.10. The van der Waals surface area contributed by atoms with E-state index in [1.54, 1.807) is 18.9 Å². The normalized spacial score (nSPS) is 9.77. The molecule has 0 radical (unpaired) electrons. The van der Waals surface area contributed by atoms with Gasteiger partial charge in [-0.2, -0.15) is 0 Å². The zero-order valence-corrected chi connectivity index (χ0v) is 8.37. The molecule has 0 aromatic heterocycles. The Bertz CT molecular complexity index is 289. The van der Waals surface area contributed by atoms with Gasteiger partial charge in [0.05, 0.1) is 0 Å². The second kappa shape index (κ2) is 4.08. The minimum atomic E-state index is 0.0595. The highest BCUT2D eigenvalue weighted by atomic mass is 16.2. The quantitative estimate of drug-likeness (QED) is 0.678. The van der Waals surface area contributed by atoms with Gasteiger partial charge in [-0.1, -0.05) is 19.1 Å². The van der Waals surface area contributed by atoms with Crippen molar-refractivity contribution in [1.82, 2.24) is 0 Å². The fourth-order valence-electron chi connectivity index (χ4n) is 1.14. The first-order valence-corrected chi connectivity index (χ1v) is 4.48. The molecule has 0 saturated heterocycles. The van der Waals surface area contributed by atoms with Crippen molar-refractivity contribution in [2.45, 2.75) is 20.3 Å². The van der Waals surface area contributed by atoms with Gasteiger partial charge in [-0.05, 0) is 24.1 Å². The number of amides is 1. The van der Waals surface area contributed by atoms with Crippen molar-refractivity contribution in [2.75, 3.05) is 11.9 Å². The smallest absolute Gasteiger partial charge is 0.223 e. The lowest BCUT2D eigenvalue weighted by atomic mass is 10.1. The Kier molecular flexibility index (Phi) is 3.07. The molecule has 1 amide bonds. The monoisotopic (exact) mass is 177 g/mol. The molecule has 0 atom stereocenters. The van der Waals surface area contributed by atoms with Crippen LogP contribution in [-0.2, 0) is 11.2 Å². The van der Waals surface area contributed by atoms with Crippen LogP contribution in [0.2, 0.25) is 0 Å². The van der Waals surface area contributed by atoms with Gasteiger partial charge in [-0.15, -0.1) is 0 Å². The molecule has 0 saturated carbocycles. The zero-order chi connectivity index (χ0) is 9.84. The number of nitrogens with zero attached hydrogens (tertiary/aromatic N) is 1. The highest BCUT2D eigenvalue weighted by Crippen LogP contribution is 2.13. The molecule has 70 valence electrons. The van der Waals surface area contributed by atoms with Crippen molar-refractivity contribution in [3.8, 4) is 0 Å². The average molecular weight is 177 g/mol.